The Balaban J connectivity index is 2.24. The molecule has 0 heterocycles. The van der Waals surface area contributed by atoms with E-state index in [-0.39, 0.29) is 0 Å². The average molecular weight is 305 g/mol. The largest absolute Gasteiger partial charge is 0.398 e. The first-order valence-electron chi connectivity index (χ1n) is 5.88. The molecule has 0 amide bonds. The summed E-state index contributed by atoms with van der Waals surface area (Å²) >= 11 is 3.57. The standard InChI is InChI=1S/C15H17BrN2/c1-11-8-15(13(16)9-14(11)17)18(2)10-12-6-4-3-5-7-12/h3-9H,10,17H2,1-2H3. The summed E-state index contributed by atoms with van der Waals surface area (Å²) in [7, 11) is 2.09. The molecule has 0 aromatic heterocycles. The second kappa shape index (κ2) is 5.44. The number of aryl methyl sites for hydroxylation is 1. The fourth-order valence-electron chi connectivity index (χ4n) is 1.92. The summed E-state index contributed by atoms with van der Waals surface area (Å²) < 4.78 is 1.03. The lowest BCUT2D eigenvalue weighted by Gasteiger charge is -2.22. The van der Waals surface area contributed by atoms with E-state index in [1.165, 1.54) is 5.56 Å². The molecule has 94 valence electrons. The van der Waals surface area contributed by atoms with Crippen LogP contribution in [0.25, 0.3) is 0 Å². The molecule has 2 nitrogen and oxygen atoms in total. The fourth-order valence-corrected chi connectivity index (χ4v) is 2.58. The molecule has 0 aliphatic carbocycles. The zero-order chi connectivity index (χ0) is 13.1. The van der Waals surface area contributed by atoms with Crippen LogP contribution >= 0.6 is 15.9 Å². The van der Waals surface area contributed by atoms with Crippen LogP contribution in [0.2, 0.25) is 0 Å². The van der Waals surface area contributed by atoms with Gasteiger partial charge >= 0.3 is 0 Å². The van der Waals surface area contributed by atoms with Gasteiger partial charge in [-0.25, -0.2) is 0 Å². The van der Waals surface area contributed by atoms with Crippen molar-refractivity contribution in [3.8, 4) is 0 Å². The van der Waals surface area contributed by atoms with Gasteiger partial charge in [-0.1, -0.05) is 30.3 Å². The van der Waals surface area contributed by atoms with Crippen LogP contribution in [0.15, 0.2) is 46.9 Å². The normalized spacial score (nSPS) is 10.4. The Morgan fingerprint density at radius 3 is 2.50 bits per heavy atom. The van der Waals surface area contributed by atoms with Gasteiger partial charge in [0.25, 0.3) is 0 Å². The molecule has 0 aliphatic heterocycles. The molecule has 0 unspecified atom stereocenters. The predicted octanol–water partition coefficient (Wildman–Crippen LogP) is 3.98. The van der Waals surface area contributed by atoms with Crippen LogP contribution in [0.4, 0.5) is 11.4 Å². The van der Waals surface area contributed by atoms with Gasteiger partial charge < -0.3 is 10.6 Å². The Kier molecular flexibility index (Phi) is 3.92. The Hall–Kier alpha value is -1.48. The van der Waals surface area contributed by atoms with Crippen molar-refractivity contribution in [3.05, 3.63) is 58.1 Å². The zero-order valence-electron chi connectivity index (χ0n) is 10.7. The molecule has 0 radical (unpaired) electrons. The molecule has 0 saturated carbocycles. The molecule has 0 aliphatic rings. The lowest BCUT2D eigenvalue weighted by atomic mass is 10.1. The number of hydrogen-bond acceptors (Lipinski definition) is 2. The zero-order valence-corrected chi connectivity index (χ0v) is 12.2. The van der Waals surface area contributed by atoms with Gasteiger partial charge in [-0.05, 0) is 46.1 Å². The lowest BCUT2D eigenvalue weighted by Crippen LogP contribution is -2.17. The second-order valence-electron chi connectivity index (χ2n) is 4.50. The van der Waals surface area contributed by atoms with Gasteiger partial charge in [0.05, 0.1) is 5.69 Å². The molecule has 0 spiro atoms. The molecule has 0 fully saturated rings. The average Bonchev–Trinajstić information content (AvgIpc) is 2.35. The van der Waals surface area contributed by atoms with Crippen molar-refractivity contribution < 1.29 is 0 Å². The van der Waals surface area contributed by atoms with Gasteiger partial charge in [0.15, 0.2) is 0 Å². The minimum atomic E-state index is 0.818. The highest BCUT2D eigenvalue weighted by molar-refractivity contribution is 9.10. The maximum atomic E-state index is 5.89. The fraction of sp³-hybridized carbons (Fsp3) is 0.200. The van der Waals surface area contributed by atoms with Crippen molar-refractivity contribution in [1.29, 1.82) is 0 Å². The summed E-state index contributed by atoms with van der Waals surface area (Å²) in [5, 5.41) is 0. The third-order valence-electron chi connectivity index (χ3n) is 3.01. The molecular weight excluding hydrogens is 288 g/mol. The van der Waals surface area contributed by atoms with Crippen molar-refractivity contribution in [2.75, 3.05) is 17.7 Å². The molecule has 0 saturated heterocycles. The maximum Gasteiger partial charge on any atom is 0.0515 e. The van der Waals surface area contributed by atoms with Crippen LogP contribution in [-0.2, 0) is 6.54 Å². The molecular formula is C15H17BrN2. The minimum absolute atomic E-state index is 0.818. The molecule has 2 aromatic carbocycles. The first-order valence-corrected chi connectivity index (χ1v) is 6.68. The van der Waals surface area contributed by atoms with E-state index >= 15 is 0 Å². The Morgan fingerprint density at radius 2 is 1.83 bits per heavy atom. The van der Waals surface area contributed by atoms with Crippen LogP contribution in [0, 0.1) is 6.92 Å². The van der Waals surface area contributed by atoms with E-state index in [1.54, 1.807) is 0 Å². The van der Waals surface area contributed by atoms with Gasteiger partial charge in [-0.2, -0.15) is 0 Å². The minimum Gasteiger partial charge on any atom is -0.398 e. The van der Waals surface area contributed by atoms with E-state index in [0.717, 1.165) is 28.0 Å². The molecule has 2 aromatic rings. The van der Waals surface area contributed by atoms with E-state index in [1.807, 2.05) is 19.1 Å². The van der Waals surface area contributed by atoms with E-state index in [2.05, 4.69) is 58.2 Å². The summed E-state index contributed by atoms with van der Waals surface area (Å²) in [6, 6.07) is 14.5. The van der Waals surface area contributed by atoms with E-state index in [0.29, 0.717) is 0 Å². The summed E-state index contributed by atoms with van der Waals surface area (Å²) in [6.07, 6.45) is 0. The van der Waals surface area contributed by atoms with Gasteiger partial charge in [-0.15, -0.1) is 0 Å². The van der Waals surface area contributed by atoms with Crippen molar-refractivity contribution in [1.82, 2.24) is 0 Å². The smallest absolute Gasteiger partial charge is 0.0515 e. The quantitative estimate of drug-likeness (QED) is 0.869. The lowest BCUT2D eigenvalue weighted by molar-refractivity contribution is 0.919. The number of nitrogens with two attached hydrogens (primary N) is 1. The maximum absolute atomic E-state index is 5.89. The predicted molar refractivity (Wildman–Crippen MR) is 81.8 cm³/mol. The van der Waals surface area contributed by atoms with Crippen LogP contribution in [0.3, 0.4) is 0 Å². The third kappa shape index (κ3) is 2.85. The van der Waals surface area contributed by atoms with Crippen LogP contribution in [0.5, 0.6) is 0 Å². The first-order chi connectivity index (χ1) is 8.58. The van der Waals surface area contributed by atoms with Gasteiger partial charge in [0.1, 0.15) is 0 Å². The highest BCUT2D eigenvalue weighted by Gasteiger charge is 2.08. The number of hydrogen-bond donors (Lipinski definition) is 1. The van der Waals surface area contributed by atoms with Gasteiger partial charge in [-0.3, -0.25) is 0 Å². The second-order valence-corrected chi connectivity index (χ2v) is 5.36. The molecule has 2 rings (SSSR count). The monoisotopic (exact) mass is 304 g/mol. The molecule has 18 heavy (non-hydrogen) atoms. The Morgan fingerprint density at radius 1 is 1.17 bits per heavy atom. The van der Waals surface area contributed by atoms with Gasteiger partial charge in [0, 0.05) is 23.8 Å². The summed E-state index contributed by atoms with van der Waals surface area (Å²) in [5.41, 5.74) is 10.3. The topological polar surface area (TPSA) is 29.3 Å². The molecule has 0 atom stereocenters. The van der Waals surface area contributed by atoms with Crippen molar-refractivity contribution in [2.45, 2.75) is 13.5 Å². The summed E-state index contributed by atoms with van der Waals surface area (Å²) in [4.78, 5) is 2.21. The molecule has 3 heteroatoms. The van der Waals surface area contributed by atoms with Crippen molar-refractivity contribution in [2.24, 2.45) is 0 Å². The number of halogens is 1. The van der Waals surface area contributed by atoms with Crippen LogP contribution in [0.1, 0.15) is 11.1 Å². The van der Waals surface area contributed by atoms with Crippen molar-refractivity contribution in [3.63, 3.8) is 0 Å². The number of nitrogens with zero attached hydrogens (tertiary/aromatic N) is 1. The number of benzene rings is 2. The van der Waals surface area contributed by atoms with E-state index < -0.39 is 0 Å². The van der Waals surface area contributed by atoms with Crippen LogP contribution < -0.4 is 10.6 Å². The SMILES string of the molecule is Cc1cc(N(C)Cc2ccccc2)c(Br)cc1N. The van der Waals surface area contributed by atoms with E-state index in [4.69, 9.17) is 5.73 Å². The van der Waals surface area contributed by atoms with Gasteiger partial charge in [0.2, 0.25) is 0 Å². The molecule has 2 N–H and O–H groups in total. The Bertz CT molecular complexity index is 538. The third-order valence-corrected chi connectivity index (χ3v) is 3.64. The van der Waals surface area contributed by atoms with Crippen LogP contribution in [-0.4, -0.2) is 7.05 Å². The summed E-state index contributed by atoms with van der Waals surface area (Å²) in [6.45, 7) is 2.91. The van der Waals surface area contributed by atoms with E-state index in [9.17, 15) is 0 Å². The first kappa shape index (κ1) is 13.0. The highest BCUT2D eigenvalue weighted by atomic mass is 79.9. The van der Waals surface area contributed by atoms with Crippen molar-refractivity contribution >= 4 is 27.3 Å². The Labute approximate surface area is 117 Å². The number of nitrogen functional groups attached to an aromatic ring is 1. The number of rotatable bonds is 3. The summed E-state index contributed by atoms with van der Waals surface area (Å²) in [5.74, 6) is 0. The highest BCUT2D eigenvalue weighted by Crippen LogP contribution is 2.30. The molecule has 0 bridgehead atoms. The number of anilines is 2.